The minimum atomic E-state index is -3.77. The van der Waals surface area contributed by atoms with Gasteiger partial charge in [-0.3, -0.25) is 4.79 Å². The summed E-state index contributed by atoms with van der Waals surface area (Å²) in [5.41, 5.74) is -0.920. The van der Waals surface area contributed by atoms with Gasteiger partial charge in [0.1, 0.15) is 5.82 Å². The van der Waals surface area contributed by atoms with E-state index in [1.807, 2.05) is 0 Å². The topological polar surface area (TPSA) is 17.1 Å². The Balaban J connectivity index is 3.30. The first-order chi connectivity index (χ1) is 5.99. The second-order valence-electron chi connectivity index (χ2n) is 2.34. The Kier molecular flexibility index (Phi) is 2.75. The SMILES string of the molecule is O=CC(F)(F)c1cccc(Br)c1F. The Labute approximate surface area is 80.7 Å². The van der Waals surface area contributed by atoms with Gasteiger partial charge in [0.05, 0.1) is 10.0 Å². The van der Waals surface area contributed by atoms with Crippen LogP contribution in [0.25, 0.3) is 0 Å². The Bertz CT molecular complexity index is 338. The Hall–Kier alpha value is -0.840. The third-order valence-electron chi connectivity index (χ3n) is 1.46. The minimum absolute atomic E-state index is 0.0912. The first-order valence-corrected chi connectivity index (χ1v) is 4.07. The fraction of sp³-hybridized carbons (Fsp3) is 0.125. The number of alkyl halides is 2. The molecule has 0 aliphatic rings. The molecule has 0 spiro atoms. The number of aldehydes is 1. The van der Waals surface area contributed by atoms with Crippen LogP contribution in [0.2, 0.25) is 0 Å². The van der Waals surface area contributed by atoms with Crippen LogP contribution in [-0.2, 0) is 10.7 Å². The molecule has 0 amide bonds. The van der Waals surface area contributed by atoms with Crippen molar-refractivity contribution in [1.29, 1.82) is 0 Å². The molecule has 0 radical (unpaired) electrons. The van der Waals surface area contributed by atoms with Crippen LogP contribution in [0.3, 0.4) is 0 Å². The van der Waals surface area contributed by atoms with Crippen molar-refractivity contribution >= 4 is 22.2 Å². The third kappa shape index (κ3) is 1.91. The summed E-state index contributed by atoms with van der Waals surface area (Å²) in [7, 11) is 0. The molecule has 0 saturated heterocycles. The number of hydrogen-bond acceptors (Lipinski definition) is 1. The maximum absolute atomic E-state index is 13.0. The van der Waals surface area contributed by atoms with E-state index in [1.165, 1.54) is 12.1 Å². The normalized spacial score (nSPS) is 11.4. The lowest BCUT2D eigenvalue weighted by atomic mass is 10.1. The Morgan fingerprint density at radius 3 is 2.54 bits per heavy atom. The van der Waals surface area contributed by atoms with Crippen LogP contribution in [0.5, 0.6) is 0 Å². The number of rotatable bonds is 2. The maximum Gasteiger partial charge on any atom is 0.330 e. The van der Waals surface area contributed by atoms with Crippen LogP contribution in [0.15, 0.2) is 22.7 Å². The van der Waals surface area contributed by atoms with Gasteiger partial charge in [-0.05, 0) is 28.1 Å². The summed E-state index contributed by atoms with van der Waals surface area (Å²) in [6, 6.07) is 3.38. The van der Waals surface area contributed by atoms with Gasteiger partial charge in [0.15, 0.2) is 6.29 Å². The van der Waals surface area contributed by atoms with E-state index in [4.69, 9.17) is 0 Å². The zero-order valence-electron chi connectivity index (χ0n) is 6.23. The van der Waals surface area contributed by atoms with E-state index in [9.17, 15) is 18.0 Å². The van der Waals surface area contributed by atoms with Gasteiger partial charge in [-0.2, -0.15) is 8.78 Å². The fourth-order valence-corrected chi connectivity index (χ4v) is 1.19. The first-order valence-electron chi connectivity index (χ1n) is 3.27. The lowest BCUT2D eigenvalue weighted by Gasteiger charge is -2.10. The van der Waals surface area contributed by atoms with Gasteiger partial charge in [-0.15, -0.1) is 0 Å². The van der Waals surface area contributed by atoms with Crippen LogP contribution in [-0.4, -0.2) is 6.29 Å². The van der Waals surface area contributed by atoms with E-state index < -0.39 is 23.6 Å². The predicted molar refractivity (Wildman–Crippen MR) is 44.1 cm³/mol. The van der Waals surface area contributed by atoms with Crippen molar-refractivity contribution in [2.75, 3.05) is 0 Å². The molecule has 0 heterocycles. The molecule has 13 heavy (non-hydrogen) atoms. The molecular formula is C8H4BrF3O. The van der Waals surface area contributed by atoms with E-state index in [-0.39, 0.29) is 4.47 Å². The highest BCUT2D eigenvalue weighted by molar-refractivity contribution is 9.10. The number of halogens is 4. The summed E-state index contributed by atoms with van der Waals surface area (Å²) in [5, 5.41) is 0. The third-order valence-corrected chi connectivity index (χ3v) is 2.07. The molecule has 0 N–H and O–H groups in total. The van der Waals surface area contributed by atoms with Gasteiger partial charge < -0.3 is 0 Å². The summed E-state index contributed by atoms with van der Waals surface area (Å²) in [6.07, 6.45) is -0.585. The fourth-order valence-electron chi connectivity index (χ4n) is 0.825. The van der Waals surface area contributed by atoms with Crippen LogP contribution in [0, 0.1) is 5.82 Å². The Morgan fingerprint density at radius 2 is 2.00 bits per heavy atom. The van der Waals surface area contributed by atoms with Crippen LogP contribution < -0.4 is 0 Å². The van der Waals surface area contributed by atoms with Crippen LogP contribution in [0.1, 0.15) is 5.56 Å². The molecule has 0 aromatic heterocycles. The molecule has 1 aromatic rings. The summed E-state index contributed by atoms with van der Waals surface area (Å²) in [6.45, 7) is 0. The molecule has 0 aliphatic carbocycles. The van der Waals surface area contributed by atoms with Crippen molar-refractivity contribution in [3.63, 3.8) is 0 Å². The molecule has 0 fully saturated rings. The van der Waals surface area contributed by atoms with E-state index in [0.717, 1.165) is 6.07 Å². The van der Waals surface area contributed by atoms with Crippen molar-refractivity contribution in [1.82, 2.24) is 0 Å². The monoisotopic (exact) mass is 252 g/mol. The standard InChI is InChI=1S/C8H4BrF3O/c9-6-3-1-2-5(7(6)10)8(11,12)4-13/h1-4H. The van der Waals surface area contributed by atoms with Gasteiger partial charge >= 0.3 is 5.92 Å². The van der Waals surface area contributed by atoms with E-state index in [1.54, 1.807) is 0 Å². The van der Waals surface area contributed by atoms with Crippen molar-refractivity contribution in [3.8, 4) is 0 Å². The molecule has 0 atom stereocenters. The molecule has 1 aromatic carbocycles. The number of benzene rings is 1. The average molecular weight is 253 g/mol. The lowest BCUT2D eigenvalue weighted by molar-refractivity contribution is -0.130. The molecule has 0 saturated carbocycles. The van der Waals surface area contributed by atoms with Crippen molar-refractivity contribution < 1.29 is 18.0 Å². The number of carbonyl (C=O) groups excluding carboxylic acids is 1. The average Bonchev–Trinajstić information content (AvgIpc) is 2.09. The molecular weight excluding hydrogens is 249 g/mol. The minimum Gasteiger partial charge on any atom is -0.296 e. The highest BCUT2D eigenvalue weighted by atomic mass is 79.9. The molecule has 1 rings (SSSR count). The van der Waals surface area contributed by atoms with E-state index in [2.05, 4.69) is 15.9 Å². The first kappa shape index (κ1) is 10.2. The van der Waals surface area contributed by atoms with Gasteiger partial charge in [-0.25, -0.2) is 4.39 Å². The van der Waals surface area contributed by atoms with Crippen molar-refractivity contribution in [3.05, 3.63) is 34.1 Å². The Morgan fingerprint density at radius 1 is 1.38 bits per heavy atom. The quantitative estimate of drug-likeness (QED) is 0.740. The second kappa shape index (κ2) is 3.49. The van der Waals surface area contributed by atoms with Crippen LogP contribution >= 0.6 is 15.9 Å². The van der Waals surface area contributed by atoms with Crippen LogP contribution in [0.4, 0.5) is 13.2 Å². The summed E-state index contributed by atoms with van der Waals surface area (Å²) < 4.78 is 38.3. The molecule has 0 aliphatic heterocycles. The van der Waals surface area contributed by atoms with Crippen molar-refractivity contribution in [2.45, 2.75) is 5.92 Å². The zero-order chi connectivity index (χ0) is 10.1. The second-order valence-corrected chi connectivity index (χ2v) is 3.20. The molecule has 0 unspecified atom stereocenters. The van der Waals surface area contributed by atoms with E-state index >= 15 is 0 Å². The smallest absolute Gasteiger partial charge is 0.296 e. The van der Waals surface area contributed by atoms with Gasteiger partial charge in [0.25, 0.3) is 0 Å². The largest absolute Gasteiger partial charge is 0.330 e. The van der Waals surface area contributed by atoms with Gasteiger partial charge in [0, 0.05) is 0 Å². The highest BCUT2D eigenvalue weighted by Crippen LogP contribution is 2.30. The number of carbonyl (C=O) groups is 1. The highest BCUT2D eigenvalue weighted by Gasteiger charge is 2.34. The number of hydrogen-bond donors (Lipinski definition) is 0. The maximum atomic E-state index is 13.0. The summed E-state index contributed by atoms with van der Waals surface area (Å²) in [5.74, 6) is -4.88. The van der Waals surface area contributed by atoms with Gasteiger partial charge in [-0.1, -0.05) is 6.07 Å². The molecule has 1 nitrogen and oxygen atoms in total. The van der Waals surface area contributed by atoms with E-state index in [0.29, 0.717) is 0 Å². The predicted octanol–water partition coefficient (Wildman–Crippen LogP) is 2.88. The summed E-state index contributed by atoms with van der Waals surface area (Å²) >= 11 is 2.74. The molecule has 70 valence electrons. The molecule has 5 heteroatoms. The molecule has 0 bridgehead atoms. The zero-order valence-corrected chi connectivity index (χ0v) is 7.82. The lowest BCUT2D eigenvalue weighted by Crippen LogP contribution is -2.16. The van der Waals surface area contributed by atoms with Gasteiger partial charge in [0.2, 0.25) is 0 Å². The van der Waals surface area contributed by atoms with Crippen molar-refractivity contribution in [2.24, 2.45) is 0 Å². The summed E-state index contributed by atoms with van der Waals surface area (Å²) in [4.78, 5) is 9.96.